The largest absolute Gasteiger partial charge is 0.494 e. The average Bonchev–Trinajstić information content (AvgIpc) is 2.43. The Kier molecular flexibility index (Phi) is 6.46. The summed E-state index contributed by atoms with van der Waals surface area (Å²) >= 11 is 0. The Morgan fingerprint density at radius 2 is 1.90 bits per heavy atom. The maximum Gasteiger partial charge on any atom is 0.326 e. The summed E-state index contributed by atoms with van der Waals surface area (Å²) in [4.78, 5) is 22.7. The number of aliphatic carboxylic acids is 1. The highest BCUT2D eigenvalue weighted by atomic mass is 16.5. The van der Waals surface area contributed by atoms with E-state index in [-0.39, 0.29) is 5.92 Å². The molecule has 0 heterocycles. The molecule has 0 fully saturated rings. The molecule has 1 amide bonds. The zero-order valence-electron chi connectivity index (χ0n) is 12.5. The summed E-state index contributed by atoms with van der Waals surface area (Å²) in [6.07, 6.45) is 2.96. The molecule has 0 aromatic heterocycles. The number of carbonyl (C=O) groups excluding carboxylic acids is 1. The van der Waals surface area contributed by atoms with E-state index in [1.807, 2.05) is 31.2 Å². The summed E-state index contributed by atoms with van der Waals surface area (Å²) in [5.74, 6) is -0.868. The first-order chi connectivity index (χ1) is 9.93. The van der Waals surface area contributed by atoms with Crippen LogP contribution in [0.2, 0.25) is 0 Å². The fourth-order valence-electron chi connectivity index (χ4n) is 1.73. The number of nitrogens with one attached hydrogen (secondary N) is 1. The molecule has 1 aromatic carbocycles. The van der Waals surface area contributed by atoms with Gasteiger partial charge >= 0.3 is 5.97 Å². The van der Waals surface area contributed by atoms with Crippen LogP contribution in [0, 0.1) is 5.92 Å². The molecule has 5 heteroatoms. The minimum atomic E-state index is -1.03. The van der Waals surface area contributed by atoms with Crippen molar-refractivity contribution < 1.29 is 19.4 Å². The molecule has 5 nitrogen and oxygen atoms in total. The van der Waals surface area contributed by atoms with E-state index in [1.165, 1.54) is 6.08 Å². The Morgan fingerprint density at radius 1 is 1.29 bits per heavy atom. The third-order valence-corrected chi connectivity index (χ3v) is 2.85. The third-order valence-electron chi connectivity index (χ3n) is 2.85. The minimum Gasteiger partial charge on any atom is -0.494 e. The normalized spacial score (nSPS) is 12.4. The highest BCUT2D eigenvalue weighted by molar-refractivity contribution is 5.94. The Bertz CT molecular complexity index is 506. The SMILES string of the molecule is CCOc1ccc(C=CC(=O)N[C@@H](C(=O)O)C(C)C)cc1. The van der Waals surface area contributed by atoms with Crippen LogP contribution < -0.4 is 10.1 Å². The van der Waals surface area contributed by atoms with Gasteiger partial charge in [-0.15, -0.1) is 0 Å². The summed E-state index contributed by atoms with van der Waals surface area (Å²) in [7, 11) is 0. The average molecular weight is 291 g/mol. The topological polar surface area (TPSA) is 75.6 Å². The number of hydrogen-bond donors (Lipinski definition) is 2. The second-order valence-corrected chi connectivity index (χ2v) is 4.90. The van der Waals surface area contributed by atoms with Crippen LogP contribution >= 0.6 is 0 Å². The zero-order chi connectivity index (χ0) is 15.8. The first-order valence-electron chi connectivity index (χ1n) is 6.88. The van der Waals surface area contributed by atoms with Gasteiger partial charge in [-0.3, -0.25) is 4.79 Å². The molecule has 0 spiro atoms. The van der Waals surface area contributed by atoms with Crippen LogP contribution in [0.5, 0.6) is 5.75 Å². The Labute approximate surface area is 124 Å². The van der Waals surface area contributed by atoms with Crippen molar-refractivity contribution in [3.63, 3.8) is 0 Å². The van der Waals surface area contributed by atoms with Crippen LogP contribution in [0.25, 0.3) is 6.08 Å². The Hall–Kier alpha value is -2.30. The summed E-state index contributed by atoms with van der Waals surface area (Å²) in [6.45, 7) is 6.00. The van der Waals surface area contributed by atoms with Crippen LogP contribution in [0.4, 0.5) is 0 Å². The number of benzene rings is 1. The van der Waals surface area contributed by atoms with Crippen molar-refractivity contribution in [2.24, 2.45) is 5.92 Å². The van der Waals surface area contributed by atoms with Crippen LogP contribution in [0.1, 0.15) is 26.3 Å². The highest BCUT2D eigenvalue weighted by Crippen LogP contribution is 2.13. The Balaban J connectivity index is 2.62. The van der Waals surface area contributed by atoms with Crippen molar-refractivity contribution in [1.29, 1.82) is 0 Å². The van der Waals surface area contributed by atoms with Gasteiger partial charge in [0.15, 0.2) is 0 Å². The summed E-state index contributed by atoms with van der Waals surface area (Å²) in [5.41, 5.74) is 0.838. The van der Waals surface area contributed by atoms with Crippen molar-refractivity contribution in [2.75, 3.05) is 6.61 Å². The molecule has 0 radical (unpaired) electrons. The zero-order valence-corrected chi connectivity index (χ0v) is 12.5. The number of carbonyl (C=O) groups is 2. The predicted molar refractivity (Wildman–Crippen MR) is 81.0 cm³/mol. The smallest absolute Gasteiger partial charge is 0.326 e. The molecule has 21 heavy (non-hydrogen) atoms. The van der Waals surface area contributed by atoms with Gasteiger partial charge in [0.05, 0.1) is 6.61 Å². The lowest BCUT2D eigenvalue weighted by Crippen LogP contribution is -2.43. The van der Waals surface area contributed by atoms with Crippen LogP contribution in [0.3, 0.4) is 0 Å². The van der Waals surface area contributed by atoms with E-state index < -0.39 is 17.9 Å². The fraction of sp³-hybridized carbons (Fsp3) is 0.375. The number of carboxylic acids is 1. The fourth-order valence-corrected chi connectivity index (χ4v) is 1.73. The van der Waals surface area contributed by atoms with E-state index in [0.717, 1.165) is 11.3 Å². The van der Waals surface area contributed by atoms with E-state index in [1.54, 1.807) is 19.9 Å². The van der Waals surface area contributed by atoms with E-state index in [2.05, 4.69) is 5.32 Å². The van der Waals surface area contributed by atoms with Crippen molar-refractivity contribution in [3.8, 4) is 5.75 Å². The molecule has 0 saturated carbocycles. The van der Waals surface area contributed by atoms with E-state index in [9.17, 15) is 9.59 Å². The van der Waals surface area contributed by atoms with Crippen LogP contribution in [-0.4, -0.2) is 29.6 Å². The molecule has 1 rings (SSSR count). The van der Waals surface area contributed by atoms with Crippen molar-refractivity contribution in [1.82, 2.24) is 5.32 Å². The van der Waals surface area contributed by atoms with Gasteiger partial charge in [0, 0.05) is 6.08 Å². The molecule has 2 N–H and O–H groups in total. The second-order valence-electron chi connectivity index (χ2n) is 4.90. The quantitative estimate of drug-likeness (QED) is 0.756. The van der Waals surface area contributed by atoms with Gasteiger partial charge in [-0.1, -0.05) is 26.0 Å². The molecular formula is C16H21NO4. The van der Waals surface area contributed by atoms with E-state index in [0.29, 0.717) is 6.61 Å². The number of amides is 1. The number of hydrogen-bond acceptors (Lipinski definition) is 3. The maximum atomic E-state index is 11.7. The van der Waals surface area contributed by atoms with Gasteiger partial charge in [-0.2, -0.15) is 0 Å². The molecule has 0 aliphatic rings. The first-order valence-corrected chi connectivity index (χ1v) is 6.88. The lowest BCUT2D eigenvalue weighted by Gasteiger charge is -2.16. The molecule has 0 aliphatic heterocycles. The lowest BCUT2D eigenvalue weighted by molar-refractivity contribution is -0.142. The van der Waals surface area contributed by atoms with Gasteiger partial charge in [-0.25, -0.2) is 4.79 Å². The van der Waals surface area contributed by atoms with E-state index >= 15 is 0 Å². The van der Waals surface area contributed by atoms with Gasteiger partial charge in [0.25, 0.3) is 0 Å². The molecular weight excluding hydrogens is 270 g/mol. The predicted octanol–water partition coefficient (Wildman–Crippen LogP) is 2.32. The van der Waals surface area contributed by atoms with Crippen molar-refractivity contribution in [3.05, 3.63) is 35.9 Å². The van der Waals surface area contributed by atoms with Crippen LogP contribution in [-0.2, 0) is 9.59 Å². The number of ether oxygens (including phenoxy) is 1. The third kappa shape index (κ3) is 5.69. The summed E-state index contributed by atoms with van der Waals surface area (Å²) in [6, 6.07) is 6.39. The second kappa shape index (κ2) is 8.09. The van der Waals surface area contributed by atoms with Gasteiger partial charge in [0.1, 0.15) is 11.8 Å². The lowest BCUT2D eigenvalue weighted by atomic mass is 10.0. The van der Waals surface area contributed by atoms with Gasteiger partial charge < -0.3 is 15.2 Å². The first kappa shape index (κ1) is 16.8. The number of rotatable bonds is 7. The van der Waals surface area contributed by atoms with Crippen molar-refractivity contribution in [2.45, 2.75) is 26.8 Å². The molecule has 0 bridgehead atoms. The monoisotopic (exact) mass is 291 g/mol. The maximum absolute atomic E-state index is 11.7. The van der Waals surface area contributed by atoms with E-state index in [4.69, 9.17) is 9.84 Å². The molecule has 114 valence electrons. The summed E-state index contributed by atoms with van der Waals surface area (Å²) in [5, 5.41) is 11.5. The molecule has 0 aliphatic carbocycles. The molecule has 0 saturated heterocycles. The number of carboxylic acid groups (broad SMARTS) is 1. The van der Waals surface area contributed by atoms with Gasteiger partial charge in [0.2, 0.25) is 5.91 Å². The molecule has 1 atom stereocenters. The van der Waals surface area contributed by atoms with Crippen LogP contribution in [0.15, 0.2) is 30.3 Å². The Morgan fingerprint density at radius 3 is 2.38 bits per heavy atom. The summed E-state index contributed by atoms with van der Waals surface area (Å²) < 4.78 is 5.32. The standard InChI is InChI=1S/C16H21NO4/c1-4-21-13-8-5-12(6-9-13)7-10-14(18)17-15(11(2)3)16(19)20/h5-11,15H,4H2,1-3H3,(H,17,18)(H,19,20)/t15-/m1/s1. The highest BCUT2D eigenvalue weighted by Gasteiger charge is 2.22. The van der Waals surface area contributed by atoms with Crippen molar-refractivity contribution >= 4 is 18.0 Å². The molecule has 1 aromatic rings. The molecule has 0 unspecified atom stereocenters. The minimum absolute atomic E-state index is 0.176. The van der Waals surface area contributed by atoms with Gasteiger partial charge in [-0.05, 0) is 36.6 Å².